The van der Waals surface area contributed by atoms with E-state index in [1.54, 1.807) is 19.1 Å². The van der Waals surface area contributed by atoms with E-state index in [0.29, 0.717) is 0 Å². The summed E-state index contributed by atoms with van der Waals surface area (Å²) in [7, 11) is -3.97. The second-order valence-corrected chi connectivity index (χ2v) is 6.27. The van der Waals surface area contributed by atoms with Gasteiger partial charge in [-0.25, -0.2) is 0 Å². The SMILES string of the molecule is Cc1ccc(S(=O)(=O)OC2CC(C(F)(F)F)C2)cc1. The molecule has 3 nitrogen and oxygen atoms in total. The van der Waals surface area contributed by atoms with Gasteiger partial charge in [-0.3, -0.25) is 4.18 Å². The quantitative estimate of drug-likeness (QED) is 0.805. The van der Waals surface area contributed by atoms with Crippen molar-refractivity contribution in [2.24, 2.45) is 5.92 Å². The van der Waals surface area contributed by atoms with E-state index in [9.17, 15) is 21.6 Å². The van der Waals surface area contributed by atoms with Crippen LogP contribution < -0.4 is 0 Å². The maximum absolute atomic E-state index is 12.3. The molecule has 0 unspecified atom stereocenters. The third-order valence-electron chi connectivity index (χ3n) is 3.13. The third-order valence-corrected chi connectivity index (χ3v) is 4.51. The average molecular weight is 294 g/mol. The highest BCUT2D eigenvalue weighted by molar-refractivity contribution is 7.86. The fraction of sp³-hybridized carbons (Fsp3) is 0.500. The van der Waals surface area contributed by atoms with Crippen molar-refractivity contribution in [3.63, 3.8) is 0 Å². The van der Waals surface area contributed by atoms with Gasteiger partial charge in [-0.1, -0.05) is 17.7 Å². The van der Waals surface area contributed by atoms with Gasteiger partial charge in [0.25, 0.3) is 10.1 Å². The van der Waals surface area contributed by atoms with Gasteiger partial charge >= 0.3 is 6.18 Å². The molecule has 1 aromatic rings. The van der Waals surface area contributed by atoms with Gasteiger partial charge in [-0.15, -0.1) is 0 Å². The number of aryl methyl sites for hydroxylation is 1. The lowest BCUT2D eigenvalue weighted by molar-refractivity contribution is -0.210. The first kappa shape index (κ1) is 14.3. The molecule has 0 heterocycles. The van der Waals surface area contributed by atoms with Crippen LogP contribution in [0, 0.1) is 12.8 Å². The van der Waals surface area contributed by atoms with Gasteiger partial charge in [0, 0.05) is 0 Å². The smallest absolute Gasteiger partial charge is 0.263 e. The second kappa shape index (κ2) is 4.79. The molecule has 106 valence electrons. The predicted molar refractivity (Wildman–Crippen MR) is 62.0 cm³/mol. The molecule has 0 radical (unpaired) electrons. The summed E-state index contributed by atoms with van der Waals surface area (Å²) in [5.74, 6) is -1.45. The summed E-state index contributed by atoms with van der Waals surface area (Å²) >= 11 is 0. The molecule has 1 aliphatic rings. The first-order chi connectivity index (χ1) is 8.68. The van der Waals surface area contributed by atoms with Gasteiger partial charge in [0.05, 0.1) is 16.9 Å². The van der Waals surface area contributed by atoms with Crippen LogP contribution in [0.4, 0.5) is 13.2 Å². The predicted octanol–water partition coefficient (Wildman–Crippen LogP) is 3.04. The van der Waals surface area contributed by atoms with Gasteiger partial charge in [-0.2, -0.15) is 21.6 Å². The standard InChI is InChI=1S/C12H13F3O3S/c1-8-2-4-11(5-3-8)19(16,17)18-10-6-9(7-10)12(13,14)15/h2-5,9-10H,6-7H2,1H3. The summed E-state index contributed by atoms with van der Waals surface area (Å²) in [6, 6.07) is 5.97. The first-order valence-corrected chi connectivity index (χ1v) is 7.16. The molecule has 7 heteroatoms. The van der Waals surface area contributed by atoms with Gasteiger partial charge in [0.2, 0.25) is 0 Å². The lowest BCUT2D eigenvalue weighted by Crippen LogP contribution is -2.41. The zero-order valence-electron chi connectivity index (χ0n) is 10.1. The van der Waals surface area contributed by atoms with Crippen LogP contribution >= 0.6 is 0 Å². The van der Waals surface area contributed by atoms with Crippen molar-refractivity contribution in [1.29, 1.82) is 0 Å². The fourth-order valence-electron chi connectivity index (χ4n) is 1.85. The topological polar surface area (TPSA) is 43.4 Å². The van der Waals surface area contributed by atoms with Gasteiger partial charge in [0.1, 0.15) is 0 Å². The molecule has 2 rings (SSSR count). The van der Waals surface area contributed by atoms with Crippen LogP contribution in [0.3, 0.4) is 0 Å². The van der Waals surface area contributed by atoms with Crippen LogP contribution in [0.15, 0.2) is 29.2 Å². The number of halogens is 3. The normalized spacial score (nSPS) is 24.0. The molecule has 0 bridgehead atoms. The molecule has 0 amide bonds. The molecule has 0 aliphatic heterocycles. The molecule has 1 aromatic carbocycles. The monoisotopic (exact) mass is 294 g/mol. The minimum absolute atomic E-state index is 0.0337. The van der Waals surface area contributed by atoms with Crippen LogP contribution in [-0.4, -0.2) is 20.7 Å². The Morgan fingerprint density at radius 1 is 1.16 bits per heavy atom. The van der Waals surface area contributed by atoms with E-state index in [4.69, 9.17) is 4.18 Å². The van der Waals surface area contributed by atoms with Crippen molar-refractivity contribution in [3.05, 3.63) is 29.8 Å². The van der Waals surface area contributed by atoms with Crippen LogP contribution in [0.2, 0.25) is 0 Å². The number of alkyl halides is 3. The van der Waals surface area contributed by atoms with Crippen LogP contribution in [-0.2, 0) is 14.3 Å². The Kier molecular flexibility index (Phi) is 3.61. The number of rotatable bonds is 3. The van der Waals surface area contributed by atoms with Crippen molar-refractivity contribution in [2.75, 3.05) is 0 Å². The first-order valence-electron chi connectivity index (χ1n) is 5.75. The number of hydrogen-bond donors (Lipinski definition) is 0. The number of benzene rings is 1. The molecule has 1 saturated carbocycles. The molecule has 0 atom stereocenters. The highest BCUT2D eigenvalue weighted by Gasteiger charge is 2.49. The van der Waals surface area contributed by atoms with E-state index in [1.807, 2.05) is 0 Å². The van der Waals surface area contributed by atoms with E-state index in [-0.39, 0.29) is 17.7 Å². The Balaban J connectivity index is 1.99. The Morgan fingerprint density at radius 3 is 2.16 bits per heavy atom. The van der Waals surface area contributed by atoms with E-state index in [1.165, 1.54) is 12.1 Å². The van der Waals surface area contributed by atoms with E-state index in [2.05, 4.69) is 0 Å². The summed E-state index contributed by atoms with van der Waals surface area (Å²) in [4.78, 5) is -0.0337. The third kappa shape index (κ3) is 3.27. The zero-order valence-corrected chi connectivity index (χ0v) is 11.0. The summed E-state index contributed by atoms with van der Waals surface area (Å²) in [5, 5.41) is 0. The van der Waals surface area contributed by atoms with Crippen molar-refractivity contribution >= 4 is 10.1 Å². The van der Waals surface area contributed by atoms with Crippen molar-refractivity contribution < 1.29 is 25.8 Å². The molecule has 0 spiro atoms. The summed E-state index contributed by atoms with van der Waals surface area (Å²) in [6.07, 6.45) is -5.74. The molecular formula is C12H13F3O3S. The molecule has 0 saturated heterocycles. The van der Waals surface area contributed by atoms with Crippen LogP contribution in [0.1, 0.15) is 18.4 Å². The minimum atomic E-state index is -4.27. The lowest BCUT2D eigenvalue weighted by atomic mass is 9.82. The largest absolute Gasteiger partial charge is 0.392 e. The highest BCUT2D eigenvalue weighted by Crippen LogP contribution is 2.43. The maximum Gasteiger partial charge on any atom is 0.392 e. The van der Waals surface area contributed by atoms with E-state index in [0.717, 1.165) is 5.56 Å². The van der Waals surface area contributed by atoms with E-state index >= 15 is 0 Å². The molecule has 19 heavy (non-hydrogen) atoms. The summed E-state index contributed by atoms with van der Waals surface area (Å²) in [5.41, 5.74) is 0.889. The Labute approximate surface area is 109 Å². The maximum atomic E-state index is 12.3. The summed E-state index contributed by atoms with van der Waals surface area (Å²) < 4.78 is 65.2. The highest BCUT2D eigenvalue weighted by atomic mass is 32.2. The molecule has 1 aliphatic carbocycles. The van der Waals surface area contributed by atoms with Gasteiger partial charge in [-0.05, 0) is 31.9 Å². The zero-order chi connectivity index (χ0) is 14.3. The minimum Gasteiger partial charge on any atom is -0.263 e. The fourth-order valence-corrected chi connectivity index (χ4v) is 2.95. The van der Waals surface area contributed by atoms with Crippen molar-refractivity contribution in [1.82, 2.24) is 0 Å². The van der Waals surface area contributed by atoms with Gasteiger partial charge < -0.3 is 0 Å². The van der Waals surface area contributed by atoms with Crippen LogP contribution in [0.25, 0.3) is 0 Å². The van der Waals surface area contributed by atoms with E-state index < -0.39 is 28.3 Å². The van der Waals surface area contributed by atoms with Crippen LogP contribution in [0.5, 0.6) is 0 Å². The molecular weight excluding hydrogens is 281 g/mol. The Hall–Kier alpha value is -1.08. The second-order valence-electron chi connectivity index (χ2n) is 4.70. The Morgan fingerprint density at radius 2 is 1.68 bits per heavy atom. The molecule has 1 fully saturated rings. The average Bonchev–Trinajstić information content (AvgIpc) is 2.22. The lowest BCUT2D eigenvalue weighted by Gasteiger charge is -2.35. The molecule has 0 aromatic heterocycles. The summed E-state index contributed by atoms with van der Waals surface area (Å²) in [6.45, 7) is 1.80. The van der Waals surface area contributed by atoms with Crippen molar-refractivity contribution in [3.8, 4) is 0 Å². The Bertz CT molecular complexity index is 543. The van der Waals surface area contributed by atoms with Gasteiger partial charge in [0.15, 0.2) is 0 Å². The van der Waals surface area contributed by atoms with Crippen molar-refractivity contribution in [2.45, 2.75) is 36.9 Å². The number of hydrogen-bond acceptors (Lipinski definition) is 3. The molecule has 0 N–H and O–H groups in total.